The number of nitrogens with zero attached hydrogens (tertiary/aromatic N) is 4. The maximum atomic E-state index is 10.7. The molecule has 0 bridgehead atoms. The molecule has 2 N–H and O–H groups in total. The van der Waals surface area contributed by atoms with Crippen LogP contribution in [-0.4, -0.2) is 63.6 Å². The fourth-order valence-electron chi connectivity index (χ4n) is 3.01. The van der Waals surface area contributed by atoms with Gasteiger partial charge < -0.3 is 19.7 Å². The molecule has 146 valence electrons. The fourth-order valence-corrected chi connectivity index (χ4v) is 4.12. The van der Waals surface area contributed by atoms with Crippen LogP contribution in [0.4, 0.5) is 0 Å². The minimum absolute atomic E-state index is 0.0103. The van der Waals surface area contributed by atoms with Crippen LogP contribution in [0.2, 0.25) is 0 Å². The van der Waals surface area contributed by atoms with Crippen LogP contribution in [0.15, 0.2) is 24.5 Å². The normalized spacial score (nSPS) is 12.6. The van der Waals surface area contributed by atoms with Gasteiger partial charge in [0.25, 0.3) is 0 Å². The summed E-state index contributed by atoms with van der Waals surface area (Å²) in [4.78, 5) is 7.41. The third-order valence-corrected chi connectivity index (χ3v) is 5.34. The second kappa shape index (κ2) is 8.55. The fraction of sp³-hybridized carbons (Fsp3) is 0.444. The first kappa shape index (κ1) is 19.4. The number of likely N-dealkylation sites (N-methyl/N-ethyl adjacent to an activating group) is 1. The molecule has 0 aliphatic rings. The third-order valence-electron chi connectivity index (χ3n) is 4.25. The zero-order valence-electron chi connectivity index (χ0n) is 15.6. The largest absolute Gasteiger partial charge is 0.493 e. The molecule has 27 heavy (non-hydrogen) atoms. The highest BCUT2D eigenvalue weighted by atomic mass is 32.1. The van der Waals surface area contributed by atoms with Crippen molar-refractivity contribution in [1.82, 2.24) is 19.5 Å². The van der Waals surface area contributed by atoms with Gasteiger partial charge in [0.1, 0.15) is 6.33 Å². The van der Waals surface area contributed by atoms with Crippen LogP contribution in [-0.2, 0) is 0 Å². The predicted molar refractivity (Wildman–Crippen MR) is 103 cm³/mol. The quantitative estimate of drug-likeness (QED) is 0.577. The number of aromatic nitrogens is 3. The van der Waals surface area contributed by atoms with Crippen LogP contribution in [0.3, 0.4) is 0 Å². The lowest BCUT2D eigenvalue weighted by molar-refractivity contribution is 0.192. The van der Waals surface area contributed by atoms with Crippen LogP contribution < -0.4 is 9.47 Å². The van der Waals surface area contributed by atoms with Crippen molar-refractivity contribution < 1.29 is 19.7 Å². The Morgan fingerprint density at radius 2 is 2.19 bits per heavy atom. The SMILES string of the molecule is CCCOc1c(OC)cccc1C(c1sc2ncnn2c1O)N(C)CCO. The Labute approximate surface area is 161 Å². The lowest BCUT2D eigenvalue weighted by Crippen LogP contribution is -2.28. The van der Waals surface area contributed by atoms with Gasteiger partial charge in [0.05, 0.1) is 31.2 Å². The van der Waals surface area contributed by atoms with Gasteiger partial charge in [0.15, 0.2) is 11.5 Å². The lowest BCUT2D eigenvalue weighted by atomic mass is 10.0. The molecule has 1 aromatic carbocycles. The maximum absolute atomic E-state index is 10.7. The highest BCUT2D eigenvalue weighted by molar-refractivity contribution is 7.17. The monoisotopic (exact) mass is 392 g/mol. The van der Waals surface area contributed by atoms with E-state index in [0.29, 0.717) is 34.5 Å². The number of rotatable bonds is 9. The van der Waals surface area contributed by atoms with Crippen molar-refractivity contribution in [2.45, 2.75) is 19.4 Å². The van der Waals surface area contributed by atoms with E-state index >= 15 is 0 Å². The van der Waals surface area contributed by atoms with Crippen molar-refractivity contribution in [2.24, 2.45) is 0 Å². The topological polar surface area (TPSA) is 92.4 Å². The number of methoxy groups -OCH3 is 1. The number of fused-ring (bicyclic) bond motifs is 1. The van der Waals surface area contributed by atoms with E-state index in [0.717, 1.165) is 12.0 Å². The van der Waals surface area contributed by atoms with E-state index in [1.54, 1.807) is 7.11 Å². The average Bonchev–Trinajstić information content (AvgIpc) is 3.24. The number of ether oxygens (including phenoxy) is 2. The van der Waals surface area contributed by atoms with E-state index in [1.165, 1.54) is 22.2 Å². The first-order valence-electron chi connectivity index (χ1n) is 8.74. The van der Waals surface area contributed by atoms with Gasteiger partial charge in [-0.1, -0.05) is 30.4 Å². The molecule has 9 heteroatoms. The van der Waals surface area contributed by atoms with Gasteiger partial charge in [-0.25, -0.2) is 4.98 Å². The van der Waals surface area contributed by atoms with Gasteiger partial charge in [-0.2, -0.15) is 9.61 Å². The second-order valence-electron chi connectivity index (χ2n) is 6.08. The Hall–Kier alpha value is -2.36. The number of hydrogen-bond donors (Lipinski definition) is 2. The molecule has 0 spiro atoms. The molecule has 0 amide bonds. The summed E-state index contributed by atoms with van der Waals surface area (Å²) >= 11 is 1.35. The van der Waals surface area contributed by atoms with E-state index < -0.39 is 0 Å². The Morgan fingerprint density at radius 1 is 1.37 bits per heavy atom. The molecular formula is C18H24N4O4S. The zero-order valence-corrected chi connectivity index (χ0v) is 16.4. The molecule has 3 rings (SSSR count). The first-order valence-corrected chi connectivity index (χ1v) is 9.56. The van der Waals surface area contributed by atoms with Crippen LogP contribution in [0.5, 0.6) is 17.4 Å². The highest BCUT2D eigenvalue weighted by Gasteiger charge is 2.30. The number of aromatic hydroxyl groups is 1. The van der Waals surface area contributed by atoms with Gasteiger partial charge >= 0.3 is 0 Å². The van der Waals surface area contributed by atoms with Gasteiger partial charge in [-0.05, 0) is 19.5 Å². The Balaban J connectivity index is 2.16. The Morgan fingerprint density at radius 3 is 2.85 bits per heavy atom. The third kappa shape index (κ3) is 3.71. The summed E-state index contributed by atoms with van der Waals surface area (Å²) in [6.07, 6.45) is 2.26. The molecule has 3 aromatic rings. The minimum atomic E-state index is -0.354. The molecule has 0 saturated heterocycles. The smallest absolute Gasteiger partial charge is 0.230 e. The van der Waals surface area contributed by atoms with E-state index in [-0.39, 0.29) is 18.5 Å². The van der Waals surface area contributed by atoms with E-state index in [2.05, 4.69) is 10.1 Å². The van der Waals surface area contributed by atoms with Crippen molar-refractivity contribution in [3.63, 3.8) is 0 Å². The number of aliphatic hydroxyl groups excluding tert-OH is 1. The zero-order chi connectivity index (χ0) is 19.4. The Bertz CT molecular complexity index is 895. The number of benzene rings is 1. The lowest BCUT2D eigenvalue weighted by Gasteiger charge is -2.29. The molecule has 8 nitrogen and oxygen atoms in total. The molecule has 2 aromatic heterocycles. The summed E-state index contributed by atoms with van der Waals surface area (Å²) in [5, 5.41) is 24.3. The van der Waals surface area contributed by atoms with Crippen molar-refractivity contribution in [3.05, 3.63) is 35.0 Å². The average molecular weight is 392 g/mol. The van der Waals surface area contributed by atoms with Gasteiger partial charge in [-0.15, -0.1) is 0 Å². The molecule has 0 saturated carbocycles. The van der Waals surface area contributed by atoms with Crippen molar-refractivity contribution in [1.29, 1.82) is 0 Å². The summed E-state index contributed by atoms with van der Waals surface area (Å²) in [7, 11) is 3.49. The van der Waals surface area contributed by atoms with Crippen LogP contribution >= 0.6 is 11.3 Å². The second-order valence-corrected chi connectivity index (χ2v) is 7.09. The van der Waals surface area contributed by atoms with Crippen LogP contribution in [0.1, 0.15) is 29.8 Å². The maximum Gasteiger partial charge on any atom is 0.230 e. The number of thiazole rings is 1. The highest BCUT2D eigenvalue weighted by Crippen LogP contribution is 2.44. The molecule has 0 fully saturated rings. The molecule has 0 aliphatic heterocycles. The number of para-hydroxylation sites is 1. The summed E-state index contributed by atoms with van der Waals surface area (Å²) in [6, 6.07) is 5.33. The summed E-state index contributed by atoms with van der Waals surface area (Å²) in [5.74, 6) is 1.30. The van der Waals surface area contributed by atoms with E-state index in [4.69, 9.17) is 9.47 Å². The summed E-state index contributed by atoms with van der Waals surface area (Å²) in [5.41, 5.74) is 0.846. The van der Waals surface area contributed by atoms with Crippen molar-refractivity contribution >= 4 is 16.3 Å². The van der Waals surface area contributed by atoms with Crippen LogP contribution in [0, 0.1) is 0 Å². The van der Waals surface area contributed by atoms with Crippen molar-refractivity contribution in [3.8, 4) is 17.4 Å². The molecule has 1 unspecified atom stereocenters. The summed E-state index contributed by atoms with van der Waals surface area (Å²) in [6.45, 7) is 2.99. The molecule has 0 radical (unpaired) electrons. The number of hydrogen-bond acceptors (Lipinski definition) is 8. The molecular weight excluding hydrogens is 368 g/mol. The Kier molecular flexibility index (Phi) is 6.15. The van der Waals surface area contributed by atoms with Gasteiger partial charge in [0.2, 0.25) is 10.8 Å². The predicted octanol–water partition coefficient (Wildman–Crippen LogP) is 2.31. The van der Waals surface area contributed by atoms with Gasteiger partial charge in [-0.3, -0.25) is 4.90 Å². The van der Waals surface area contributed by atoms with E-state index in [1.807, 2.05) is 37.1 Å². The first-order chi connectivity index (χ1) is 13.1. The molecule has 0 aliphatic carbocycles. The summed E-state index contributed by atoms with van der Waals surface area (Å²) < 4.78 is 12.9. The van der Waals surface area contributed by atoms with E-state index in [9.17, 15) is 10.2 Å². The number of aliphatic hydroxyl groups is 1. The van der Waals surface area contributed by atoms with Crippen molar-refractivity contribution in [2.75, 3.05) is 33.9 Å². The minimum Gasteiger partial charge on any atom is -0.493 e. The molecule has 2 heterocycles. The van der Waals surface area contributed by atoms with Gasteiger partial charge in [0, 0.05) is 12.1 Å². The standard InChI is InChI=1S/C18H24N4O4S/c1-4-10-26-15-12(6-5-7-13(15)25-3)14(21(2)8-9-23)16-17(24)22-18(27-16)19-11-20-22/h5-7,11,14,23-24H,4,8-10H2,1-3H3. The van der Waals surface area contributed by atoms with Crippen LogP contribution in [0.25, 0.3) is 4.96 Å². The molecule has 1 atom stereocenters.